The van der Waals surface area contributed by atoms with Gasteiger partial charge in [-0.3, -0.25) is 4.31 Å². The molecule has 0 radical (unpaired) electrons. The van der Waals surface area contributed by atoms with Gasteiger partial charge in [-0.2, -0.15) is 0 Å². The Morgan fingerprint density at radius 2 is 1.70 bits per heavy atom. The highest BCUT2D eigenvalue weighted by atomic mass is 32.2. The first-order valence-corrected chi connectivity index (χ1v) is 11.2. The summed E-state index contributed by atoms with van der Waals surface area (Å²) < 4.78 is 28.5. The van der Waals surface area contributed by atoms with Crippen molar-refractivity contribution in [2.75, 3.05) is 6.54 Å². The number of aryl methyl sites for hydroxylation is 1. The predicted molar refractivity (Wildman–Crippen MR) is 111 cm³/mol. The van der Waals surface area contributed by atoms with Crippen molar-refractivity contribution >= 4 is 10.0 Å². The van der Waals surface area contributed by atoms with E-state index in [9.17, 15) is 8.42 Å². The molecule has 3 nitrogen and oxygen atoms in total. The van der Waals surface area contributed by atoms with Crippen molar-refractivity contribution < 1.29 is 8.42 Å². The quantitative estimate of drug-likeness (QED) is 0.649. The van der Waals surface area contributed by atoms with Crippen LogP contribution in [0.5, 0.6) is 0 Å². The molecule has 0 spiro atoms. The fourth-order valence-electron chi connectivity index (χ4n) is 3.74. The number of sulfonamides is 1. The highest BCUT2D eigenvalue weighted by molar-refractivity contribution is 7.89. The predicted octanol–water partition coefficient (Wildman–Crippen LogP) is 5.32. The van der Waals surface area contributed by atoms with Gasteiger partial charge in [-0.1, -0.05) is 68.3 Å². The lowest BCUT2D eigenvalue weighted by molar-refractivity contribution is 0.468. The summed E-state index contributed by atoms with van der Waals surface area (Å²) in [5.74, 6) is 0.260. The van der Waals surface area contributed by atoms with Crippen LogP contribution in [0.2, 0.25) is 0 Å². The maximum absolute atomic E-state index is 13.4. The van der Waals surface area contributed by atoms with Crippen molar-refractivity contribution in [2.45, 2.75) is 51.3 Å². The molecule has 2 aromatic carbocycles. The van der Waals surface area contributed by atoms with E-state index in [1.807, 2.05) is 37.3 Å². The molecule has 1 aliphatic rings. The van der Waals surface area contributed by atoms with Crippen LogP contribution in [0, 0.1) is 12.8 Å². The number of hydrogen-bond donors (Lipinski definition) is 0. The van der Waals surface area contributed by atoms with Crippen molar-refractivity contribution in [1.29, 1.82) is 0 Å². The molecule has 2 aromatic rings. The molecular weight excluding hydrogens is 354 g/mol. The van der Waals surface area contributed by atoms with Gasteiger partial charge >= 0.3 is 0 Å². The first-order valence-electron chi connectivity index (χ1n) is 9.78. The fourth-order valence-corrected chi connectivity index (χ4v) is 5.37. The SMILES string of the molecule is CCCCC1=C(Cc2ccccc2)N(S(=O)(=O)c2ccc(C)cc2)CC1C. The minimum Gasteiger partial charge on any atom is -0.269 e. The van der Waals surface area contributed by atoms with Crippen LogP contribution in [0.3, 0.4) is 0 Å². The van der Waals surface area contributed by atoms with Crippen LogP contribution in [-0.2, 0) is 16.4 Å². The monoisotopic (exact) mass is 383 g/mol. The summed E-state index contributed by atoms with van der Waals surface area (Å²) in [4.78, 5) is 0.377. The molecule has 0 amide bonds. The van der Waals surface area contributed by atoms with Gasteiger partial charge in [-0.25, -0.2) is 8.42 Å². The summed E-state index contributed by atoms with van der Waals surface area (Å²) in [5, 5.41) is 0. The van der Waals surface area contributed by atoms with Crippen LogP contribution in [0.4, 0.5) is 0 Å². The van der Waals surface area contributed by atoms with Gasteiger partial charge in [-0.15, -0.1) is 0 Å². The summed E-state index contributed by atoms with van der Waals surface area (Å²) in [6.07, 6.45) is 3.84. The Kier molecular flexibility index (Phi) is 6.05. The van der Waals surface area contributed by atoms with Gasteiger partial charge in [0.2, 0.25) is 0 Å². The maximum atomic E-state index is 13.4. The van der Waals surface area contributed by atoms with Gasteiger partial charge < -0.3 is 0 Å². The zero-order valence-electron chi connectivity index (χ0n) is 16.5. The molecule has 0 saturated heterocycles. The van der Waals surface area contributed by atoms with E-state index in [2.05, 4.69) is 26.0 Å². The second-order valence-corrected chi connectivity index (χ2v) is 9.35. The van der Waals surface area contributed by atoms with Gasteiger partial charge in [-0.05, 0) is 49.0 Å². The Hall–Kier alpha value is -2.07. The van der Waals surface area contributed by atoms with Crippen LogP contribution < -0.4 is 0 Å². The lowest BCUT2D eigenvalue weighted by Gasteiger charge is -2.23. The van der Waals surface area contributed by atoms with E-state index >= 15 is 0 Å². The summed E-state index contributed by atoms with van der Waals surface area (Å²) in [7, 11) is -3.54. The van der Waals surface area contributed by atoms with Crippen LogP contribution in [0.15, 0.2) is 70.8 Å². The number of benzene rings is 2. The van der Waals surface area contributed by atoms with Gasteiger partial charge in [0, 0.05) is 18.7 Å². The first-order chi connectivity index (χ1) is 12.9. The van der Waals surface area contributed by atoms with Gasteiger partial charge in [0.15, 0.2) is 0 Å². The fraction of sp³-hybridized carbons (Fsp3) is 0.391. The molecule has 0 fully saturated rings. The highest BCUT2D eigenvalue weighted by Gasteiger charge is 2.36. The Bertz CT molecular complexity index is 899. The average molecular weight is 384 g/mol. The molecule has 1 atom stereocenters. The van der Waals surface area contributed by atoms with Gasteiger partial charge in [0.05, 0.1) is 4.90 Å². The Morgan fingerprint density at radius 3 is 2.33 bits per heavy atom. The molecule has 1 heterocycles. The van der Waals surface area contributed by atoms with E-state index in [4.69, 9.17) is 0 Å². The summed E-state index contributed by atoms with van der Waals surface area (Å²) in [6, 6.07) is 17.3. The van der Waals surface area contributed by atoms with Crippen molar-refractivity contribution in [2.24, 2.45) is 5.92 Å². The number of nitrogens with zero attached hydrogens (tertiary/aromatic N) is 1. The number of hydrogen-bond acceptors (Lipinski definition) is 2. The Labute approximate surface area is 163 Å². The maximum Gasteiger partial charge on any atom is 0.264 e. The number of allylic oxidation sites excluding steroid dienone is 1. The molecule has 4 heteroatoms. The minimum absolute atomic E-state index is 0.260. The van der Waals surface area contributed by atoms with Crippen LogP contribution in [0.1, 0.15) is 44.2 Å². The van der Waals surface area contributed by atoms with Gasteiger partial charge in [0.25, 0.3) is 10.0 Å². The summed E-state index contributed by atoms with van der Waals surface area (Å²) >= 11 is 0. The molecule has 144 valence electrons. The first kappa shape index (κ1) is 19.7. The van der Waals surface area contributed by atoms with E-state index in [1.165, 1.54) is 5.57 Å². The molecule has 1 unspecified atom stereocenters. The topological polar surface area (TPSA) is 37.4 Å². The third-order valence-corrected chi connectivity index (χ3v) is 7.15. The molecule has 0 saturated carbocycles. The van der Waals surface area contributed by atoms with Crippen molar-refractivity contribution in [3.05, 3.63) is 77.0 Å². The zero-order valence-corrected chi connectivity index (χ0v) is 17.3. The lowest BCUT2D eigenvalue weighted by atomic mass is 9.95. The Morgan fingerprint density at radius 1 is 1.04 bits per heavy atom. The average Bonchev–Trinajstić information content (AvgIpc) is 2.97. The second-order valence-electron chi connectivity index (χ2n) is 7.49. The number of unbranched alkanes of at least 4 members (excludes halogenated alkanes) is 1. The minimum atomic E-state index is -3.54. The van der Waals surface area contributed by atoms with E-state index in [-0.39, 0.29) is 5.92 Å². The van der Waals surface area contributed by atoms with Crippen molar-refractivity contribution in [1.82, 2.24) is 4.31 Å². The van der Waals surface area contributed by atoms with Crippen molar-refractivity contribution in [3.63, 3.8) is 0 Å². The molecule has 0 bridgehead atoms. The normalized spacial score (nSPS) is 17.6. The molecule has 0 N–H and O–H groups in total. The third-order valence-electron chi connectivity index (χ3n) is 5.33. The van der Waals surface area contributed by atoms with E-state index in [1.54, 1.807) is 16.4 Å². The molecule has 0 aromatic heterocycles. The van der Waals surface area contributed by atoms with E-state index < -0.39 is 10.0 Å². The highest BCUT2D eigenvalue weighted by Crippen LogP contribution is 2.37. The molecule has 27 heavy (non-hydrogen) atoms. The van der Waals surface area contributed by atoms with Gasteiger partial charge in [0.1, 0.15) is 0 Å². The van der Waals surface area contributed by atoms with Crippen LogP contribution in [0.25, 0.3) is 0 Å². The second kappa shape index (κ2) is 8.30. The number of rotatable bonds is 7. The van der Waals surface area contributed by atoms with Crippen LogP contribution in [-0.4, -0.2) is 19.3 Å². The summed E-state index contributed by atoms with van der Waals surface area (Å²) in [5.41, 5.74) is 4.49. The Balaban J connectivity index is 2.01. The molecule has 1 aliphatic heterocycles. The van der Waals surface area contributed by atoms with Crippen molar-refractivity contribution in [3.8, 4) is 0 Å². The van der Waals surface area contributed by atoms with E-state index in [0.717, 1.165) is 36.1 Å². The summed E-state index contributed by atoms with van der Waals surface area (Å²) in [6.45, 7) is 6.84. The molecule has 0 aliphatic carbocycles. The lowest BCUT2D eigenvalue weighted by Crippen LogP contribution is -2.30. The molecular formula is C23H29NO2S. The standard InChI is InChI=1S/C23H29NO2S/c1-4-5-11-22-19(3)17-24(23(22)16-20-9-7-6-8-10-20)27(25,26)21-14-12-18(2)13-15-21/h6-10,12-15,19H,4-5,11,16-17H2,1-3H3. The largest absolute Gasteiger partial charge is 0.269 e. The third kappa shape index (κ3) is 4.27. The van der Waals surface area contributed by atoms with E-state index in [0.29, 0.717) is 17.9 Å². The zero-order chi connectivity index (χ0) is 19.4. The molecule has 3 rings (SSSR count). The smallest absolute Gasteiger partial charge is 0.264 e. The van der Waals surface area contributed by atoms with Crippen LogP contribution >= 0.6 is 0 Å².